The van der Waals surface area contributed by atoms with Crippen LogP contribution < -0.4 is 5.32 Å². The average Bonchev–Trinajstić information content (AvgIpc) is 2.54. The van der Waals surface area contributed by atoms with E-state index < -0.39 is 11.9 Å². The van der Waals surface area contributed by atoms with E-state index in [0.717, 1.165) is 0 Å². The molecule has 1 atom stereocenters. The highest BCUT2D eigenvalue weighted by Gasteiger charge is 2.36. The molecular formula is C17H16Cl2N2O3. The number of methoxy groups -OCH3 is 2. The zero-order valence-corrected chi connectivity index (χ0v) is 15.0. The molecule has 0 spiro atoms. The number of nitrogens with zero attached hydrogens (tertiary/aromatic N) is 1. The number of halogens is 2. The molecule has 1 unspecified atom stereocenters. The number of dihydropyridines is 1. The number of carbonyl (C=O) groups excluding carboxylic acids is 1. The van der Waals surface area contributed by atoms with Crippen molar-refractivity contribution in [2.45, 2.75) is 12.8 Å². The van der Waals surface area contributed by atoms with Crippen LogP contribution in [0.3, 0.4) is 0 Å². The van der Waals surface area contributed by atoms with E-state index in [0.29, 0.717) is 38.3 Å². The van der Waals surface area contributed by atoms with Gasteiger partial charge in [0.05, 0.1) is 37.5 Å². The van der Waals surface area contributed by atoms with Crippen LogP contribution in [0.4, 0.5) is 0 Å². The highest BCUT2D eigenvalue weighted by atomic mass is 35.5. The maximum Gasteiger partial charge on any atom is 0.335 e. The predicted molar refractivity (Wildman–Crippen MR) is 92.6 cm³/mol. The summed E-state index contributed by atoms with van der Waals surface area (Å²) in [7, 11) is 2.82. The summed E-state index contributed by atoms with van der Waals surface area (Å²) in [6.07, 6.45) is 0. The van der Waals surface area contributed by atoms with Gasteiger partial charge in [-0.2, -0.15) is 0 Å². The minimum absolute atomic E-state index is 0.175. The molecule has 1 heterocycles. The molecule has 0 saturated carbocycles. The van der Waals surface area contributed by atoms with Crippen molar-refractivity contribution in [3.8, 4) is 0 Å². The van der Waals surface area contributed by atoms with Crippen molar-refractivity contribution in [3.05, 3.63) is 67.9 Å². The average molecular weight is 367 g/mol. The lowest BCUT2D eigenvalue weighted by Crippen LogP contribution is -2.31. The van der Waals surface area contributed by atoms with Gasteiger partial charge >= 0.3 is 5.97 Å². The Labute approximate surface area is 150 Å². The Kier molecular flexibility index (Phi) is 5.89. The molecule has 1 N–H and O–H groups in total. The molecule has 0 amide bonds. The number of rotatable bonds is 4. The molecule has 0 aliphatic carbocycles. The van der Waals surface area contributed by atoms with Gasteiger partial charge in [0.15, 0.2) is 5.70 Å². The Balaban J connectivity index is 2.73. The number of allylic oxidation sites excluding steroid dienone is 2. The molecule has 1 aliphatic rings. The van der Waals surface area contributed by atoms with Gasteiger partial charge in [-0.15, -0.1) is 0 Å². The second-order valence-electron chi connectivity index (χ2n) is 5.16. The molecule has 1 aromatic carbocycles. The van der Waals surface area contributed by atoms with Crippen LogP contribution in [0.5, 0.6) is 0 Å². The molecule has 0 aromatic heterocycles. The first kappa shape index (κ1) is 18.3. The van der Waals surface area contributed by atoms with Gasteiger partial charge in [0.25, 0.3) is 0 Å². The summed E-state index contributed by atoms with van der Waals surface area (Å²) in [6, 6.07) is 4.97. The summed E-state index contributed by atoms with van der Waals surface area (Å²) < 4.78 is 10.1. The number of nitrogens with one attached hydrogen (secondary N) is 1. The summed E-state index contributed by atoms with van der Waals surface area (Å²) >= 11 is 12.3. The first-order valence-corrected chi connectivity index (χ1v) is 7.80. The number of esters is 1. The van der Waals surface area contributed by atoms with Crippen LogP contribution in [0.25, 0.3) is 4.85 Å². The van der Waals surface area contributed by atoms with Crippen molar-refractivity contribution in [2.24, 2.45) is 0 Å². The number of hydrogen-bond donors (Lipinski definition) is 1. The second-order valence-corrected chi connectivity index (χ2v) is 6.01. The van der Waals surface area contributed by atoms with Gasteiger partial charge in [0.1, 0.15) is 0 Å². The third kappa shape index (κ3) is 3.41. The number of benzene rings is 1. The summed E-state index contributed by atoms with van der Waals surface area (Å²) in [4.78, 5) is 16.0. The van der Waals surface area contributed by atoms with Gasteiger partial charge < -0.3 is 14.8 Å². The van der Waals surface area contributed by atoms with Gasteiger partial charge in [-0.25, -0.2) is 9.64 Å². The van der Waals surface area contributed by atoms with E-state index in [2.05, 4.69) is 10.2 Å². The van der Waals surface area contributed by atoms with Crippen molar-refractivity contribution in [1.29, 1.82) is 0 Å². The fourth-order valence-electron chi connectivity index (χ4n) is 2.68. The topological polar surface area (TPSA) is 51.9 Å². The number of ether oxygens (including phenoxy) is 2. The van der Waals surface area contributed by atoms with Crippen LogP contribution in [0.1, 0.15) is 18.4 Å². The van der Waals surface area contributed by atoms with E-state index in [4.69, 9.17) is 39.2 Å². The van der Waals surface area contributed by atoms with E-state index in [1.807, 2.05) is 0 Å². The third-order valence-corrected chi connectivity index (χ3v) is 4.26. The molecule has 24 heavy (non-hydrogen) atoms. The predicted octanol–water partition coefficient (Wildman–Crippen LogP) is 3.90. The molecule has 7 heteroatoms. The molecule has 1 aliphatic heterocycles. The molecule has 5 nitrogen and oxygen atoms in total. The van der Waals surface area contributed by atoms with Gasteiger partial charge in [0.2, 0.25) is 0 Å². The normalized spacial score (nSPS) is 17.4. The third-order valence-electron chi connectivity index (χ3n) is 3.70. The Bertz CT molecular complexity index is 779. The molecule has 2 rings (SSSR count). The van der Waals surface area contributed by atoms with Crippen molar-refractivity contribution < 1.29 is 14.3 Å². The fourth-order valence-corrected chi connectivity index (χ4v) is 3.20. The van der Waals surface area contributed by atoms with E-state index in [-0.39, 0.29) is 6.61 Å². The standard InChI is InChI=1S/C17H16Cl2N2O3/c1-9-16(20-2)14(11-6-5-10(18)7-12(11)19)15(17(22)24-4)13(21-9)8-23-3/h5-7,14,21H,8H2,1,3-4H3. The van der Waals surface area contributed by atoms with E-state index in [9.17, 15) is 4.79 Å². The Hall–Kier alpha value is -2.00. The van der Waals surface area contributed by atoms with Crippen LogP contribution in [0.15, 0.2) is 40.9 Å². The van der Waals surface area contributed by atoms with E-state index in [1.165, 1.54) is 14.2 Å². The molecule has 0 bridgehead atoms. The molecule has 0 fully saturated rings. The van der Waals surface area contributed by atoms with Crippen LogP contribution in [0, 0.1) is 6.57 Å². The molecule has 0 saturated heterocycles. The monoisotopic (exact) mass is 366 g/mol. The highest BCUT2D eigenvalue weighted by Crippen LogP contribution is 2.42. The quantitative estimate of drug-likeness (QED) is 0.648. The second kappa shape index (κ2) is 7.71. The molecule has 126 valence electrons. The Morgan fingerprint density at radius 3 is 2.62 bits per heavy atom. The Morgan fingerprint density at radius 1 is 1.38 bits per heavy atom. The zero-order valence-electron chi connectivity index (χ0n) is 13.4. The zero-order chi connectivity index (χ0) is 17.9. The molecule has 0 radical (unpaired) electrons. The van der Waals surface area contributed by atoms with E-state index >= 15 is 0 Å². The largest absolute Gasteiger partial charge is 0.466 e. The van der Waals surface area contributed by atoms with Crippen molar-refractivity contribution in [2.75, 3.05) is 20.8 Å². The van der Waals surface area contributed by atoms with Crippen LogP contribution in [-0.4, -0.2) is 26.8 Å². The Morgan fingerprint density at radius 2 is 2.08 bits per heavy atom. The minimum Gasteiger partial charge on any atom is -0.466 e. The van der Waals surface area contributed by atoms with Crippen LogP contribution >= 0.6 is 23.2 Å². The van der Waals surface area contributed by atoms with Gasteiger partial charge in [-0.05, 0) is 24.6 Å². The van der Waals surface area contributed by atoms with Gasteiger partial charge in [0, 0.05) is 22.9 Å². The molecule has 1 aromatic rings. The summed E-state index contributed by atoms with van der Waals surface area (Å²) in [5.74, 6) is -1.19. The van der Waals surface area contributed by atoms with Gasteiger partial charge in [-0.3, -0.25) is 0 Å². The van der Waals surface area contributed by atoms with Crippen LogP contribution in [-0.2, 0) is 14.3 Å². The number of carbonyl (C=O) groups is 1. The van der Waals surface area contributed by atoms with Gasteiger partial charge in [-0.1, -0.05) is 29.3 Å². The van der Waals surface area contributed by atoms with Crippen molar-refractivity contribution >= 4 is 29.2 Å². The van der Waals surface area contributed by atoms with E-state index in [1.54, 1.807) is 25.1 Å². The lowest BCUT2D eigenvalue weighted by atomic mass is 9.84. The molecular weight excluding hydrogens is 351 g/mol. The fraction of sp³-hybridized carbons (Fsp3) is 0.294. The lowest BCUT2D eigenvalue weighted by molar-refractivity contribution is -0.136. The summed E-state index contributed by atoms with van der Waals surface area (Å²) in [5, 5.41) is 3.92. The highest BCUT2D eigenvalue weighted by molar-refractivity contribution is 6.35. The smallest absolute Gasteiger partial charge is 0.335 e. The summed E-state index contributed by atoms with van der Waals surface area (Å²) in [6.45, 7) is 9.47. The first-order chi connectivity index (χ1) is 11.4. The maximum atomic E-state index is 12.4. The maximum absolute atomic E-state index is 12.4. The summed E-state index contributed by atoms with van der Waals surface area (Å²) in [5.41, 5.74) is 2.48. The minimum atomic E-state index is -0.647. The van der Waals surface area contributed by atoms with Crippen molar-refractivity contribution in [3.63, 3.8) is 0 Å². The first-order valence-electron chi connectivity index (χ1n) is 7.05. The lowest BCUT2D eigenvalue weighted by Gasteiger charge is -2.29. The SMILES string of the molecule is [C-]#[N+]C1=C(C)NC(COC)=C(C(=O)OC)C1c1ccc(Cl)cc1Cl. The number of hydrogen-bond acceptors (Lipinski definition) is 4. The van der Waals surface area contributed by atoms with Crippen molar-refractivity contribution in [1.82, 2.24) is 5.32 Å². The van der Waals surface area contributed by atoms with Crippen LogP contribution in [0.2, 0.25) is 10.0 Å².